The molecule has 1 amide bonds. The number of hydrogen-bond donors (Lipinski definition) is 2. The molecule has 0 spiro atoms. The number of hydrogen-bond acceptors (Lipinski definition) is 5. The van der Waals surface area contributed by atoms with Gasteiger partial charge in [-0.1, -0.05) is 0 Å². The summed E-state index contributed by atoms with van der Waals surface area (Å²) >= 11 is 1.45. The standard InChI is InChI=1S/C14H16N2O3S/c15-10-1-2-12-9(5-10)6-13(20-12)14(18)16-3-4-19-8-11(16)7-17/h1-2,5-6,11,17H,3-4,7-8,15H2. The number of aliphatic hydroxyl groups excluding tert-OH is 1. The maximum absolute atomic E-state index is 12.6. The average molecular weight is 292 g/mol. The van der Waals surface area contributed by atoms with Gasteiger partial charge in [0.2, 0.25) is 0 Å². The molecule has 106 valence electrons. The van der Waals surface area contributed by atoms with E-state index in [4.69, 9.17) is 10.5 Å². The van der Waals surface area contributed by atoms with Crippen LogP contribution in [-0.2, 0) is 4.74 Å². The van der Waals surface area contributed by atoms with Crippen molar-refractivity contribution in [2.24, 2.45) is 0 Å². The Morgan fingerprint density at radius 1 is 1.50 bits per heavy atom. The Morgan fingerprint density at radius 3 is 3.15 bits per heavy atom. The zero-order chi connectivity index (χ0) is 14.1. The number of nitrogens with zero attached hydrogens (tertiary/aromatic N) is 1. The molecule has 1 aliphatic rings. The number of anilines is 1. The highest BCUT2D eigenvalue weighted by Gasteiger charge is 2.28. The summed E-state index contributed by atoms with van der Waals surface area (Å²) in [7, 11) is 0. The third kappa shape index (κ3) is 2.37. The minimum absolute atomic E-state index is 0.0490. The normalized spacial score (nSPS) is 19.4. The molecule has 1 saturated heterocycles. The summed E-state index contributed by atoms with van der Waals surface area (Å²) in [6.07, 6.45) is 0. The second-order valence-corrected chi connectivity index (χ2v) is 5.90. The Labute approximate surface area is 120 Å². The molecule has 0 bridgehead atoms. The minimum atomic E-state index is -0.258. The molecule has 1 aromatic heterocycles. The number of nitrogens with two attached hydrogens (primary N) is 1. The van der Waals surface area contributed by atoms with Crippen molar-refractivity contribution in [3.05, 3.63) is 29.1 Å². The number of benzene rings is 1. The van der Waals surface area contributed by atoms with E-state index in [0.29, 0.717) is 30.3 Å². The second-order valence-electron chi connectivity index (χ2n) is 4.82. The van der Waals surface area contributed by atoms with Gasteiger partial charge in [0, 0.05) is 16.9 Å². The van der Waals surface area contributed by atoms with Crippen LogP contribution in [0.1, 0.15) is 9.67 Å². The highest BCUT2D eigenvalue weighted by molar-refractivity contribution is 7.20. The van der Waals surface area contributed by atoms with E-state index in [1.165, 1.54) is 11.3 Å². The van der Waals surface area contributed by atoms with Gasteiger partial charge in [-0.25, -0.2) is 0 Å². The van der Waals surface area contributed by atoms with Gasteiger partial charge in [0.25, 0.3) is 5.91 Å². The SMILES string of the molecule is Nc1ccc2sc(C(=O)N3CCOCC3CO)cc2c1. The summed E-state index contributed by atoms with van der Waals surface area (Å²) in [4.78, 5) is 14.9. The molecule has 0 saturated carbocycles. The van der Waals surface area contributed by atoms with Crippen molar-refractivity contribution in [1.29, 1.82) is 0 Å². The molecule has 2 heterocycles. The van der Waals surface area contributed by atoms with E-state index < -0.39 is 0 Å². The Bertz CT molecular complexity index is 640. The van der Waals surface area contributed by atoms with Crippen molar-refractivity contribution in [2.75, 3.05) is 32.1 Å². The maximum Gasteiger partial charge on any atom is 0.264 e. The molecule has 0 aliphatic carbocycles. The van der Waals surface area contributed by atoms with Gasteiger partial charge in [-0.2, -0.15) is 0 Å². The summed E-state index contributed by atoms with van der Waals surface area (Å²) in [5.41, 5.74) is 6.44. The van der Waals surface area contributed by atoms with Crippen LogP contribution in [-0.4, -0.2) is 48.3 Å². The minimum Gasteiger partial charge on any atom is -0.399 e. The molecule has 6 heteroatoms. The van der Waals surface area contributed by atoms with Gasteiger partial charge < -0.3 is 20.5 Å². The molecule has 1 unspecified atom stereocenters. The highest BCUT2D eigenvalue weighted by Crippen LogP contribution is 2.28. The van der Waals surface area contributed by atoms with Crippen LogP contribution >= 0.6 is 11.3 Å². The molecule has 5 nitrogen and oxygen atoms in total. The first-order valence-corrected chi connectivity index (χ1v) is 7.29. The van der Waals surface area contributed by atoms with E-state index >= 15 is 0 Å². The smallest absolute Gasteiger partial charge is 0.264 e. The zero-order valence-electron chi connectivity index (χ0n) is 10.9. The van der Waals surface area contributed by atoms with Gasteiger partial charge >= 0.3 is 0 Å². The van der Waals surface area contributed by atoms with E-state index in [1.54, 1.807) is 4.90 Å². The fourth-order valence-corrected chi connectivity index (χ4v) is 3.38. The Balaban J connectivity index is 1.91. The lowest BCUT2D eigenvalue weighted by atomic mass is 10.2. The van der Waals surface area contributed by atoms with Gasteiger partial charge in [-0.05, 0) is 29.7 Å². The number of carbonyl (C=O) groups is 1. The Kier molecular flexibility index (Phi) is 3.60. The first kappa shape index (κ1) is 13.4. The predicted molar refractivity (Wildman–Crippen MR) is 79.0 cm³/mol. The number of carbonyl (C=O) groups excluding carboxylic acids is 1. The number of fused-ring (bicyclic) bond motifs is 1. The lowest BCUT2D eigenvalue weighted by Crippen LogP contribution is -2.50. The number of nitrogen functional groups attached to an aromatic ring is 1. The Hall–Kier alpha value is -1.63. The van der Waals surface area contributed by atoms with Crippen molar-refractivity contribution in [1.82, 2.24) is 4.90 Å². The quantitative estimate of drug-likeness (QED) is 0.819. The van der Waals surface area contributed by atoms with Gasteiger partial charge in [0.05, 0.1) is 30.7 Å². The number of morpholine rings is 1. The first-order chi connectivity index (χ1) is 9.69. The van der Waals surface area contributed by atoms with Crippen molar-refractivity contribution >= 4 is 33.0 Å². The molecule has 0 radical (unpaired) electrons. The largest absolute Gasteiger partial charge is 0.399 e. The van der Waals surface area contributed by atoms with Crippen molar-refractivity contribution in [2.45, 2.75) is 6.04 Å². The molecule has 1 atom stereocenters. The van der Waals surface area contributed by atoms with Crippen LogP contribution in [0.25, 0.3) is 10.1 Å². The first-order valence-electron chi connectivity index (χ1n) is 6.47. The molecule has 1 fully saturated rings. The summed E-state index contributed by atoms with van der Waals surface area (Å²) in [5.74, 6) is -0.0490. The number of ether oxygens (including phenoxy) is 1. The molecule has 3 N–H and O–H groups in total. The number of rotatable bonds is 2. The van der Waals surface area contributed by atoms with Crippen LogP contribution in [0.3, 0.4) is 0 Å². The lowest BCUT2D eigenvalue weighted by Gasteiger charge is -2.34. The van der Waals surface area contributed by atoms with E-state index in [-0.39, 0.29) is 18.6 Å². The molecular formula is C14H16N2O3S. The van der Waals surface area contributed by atoms with E-state index in [1.807, 2.05) is 24.3 Å². The number of thiophene rings is 1. The molecular weight excluding hydrogens is 276 g/mol. The van der Waals surface area contributed by atoms with E-state index in [0.717, 1.165) is 10.1 Å². The molecule has 3 rings (SSSR count). The van der Waals surface area contributed by atoms with Crippen LogP contribution in [0.2, 0.25) is 0 Å². The van der Waals surface area contributed by atoms with Crippen molar-refractivity contribution in [3.8, 4) is 0 Å². The van der Waals surface area contributed by atoms with E-state index in [2.05, 4.69) is 0 Å². The highest BCUT2D eigenvalue weighted by atomic mass is 32.1. The molecule has 1 aromatic carbocycles. The van der Waals surface area contributed by atoms with Crippen LogP contribution in [0.4, 0.5) is 5.69 Å². The maximum atomic E-state index is 12.6. The molecule has 1 aliphatic heterocycles. The lowest BCUT2D eigenvalue weighted by molar-refractivity contribution is -0.0181. The zero-order valence-corrected chi connectivity index (χ0v) is 11.7. The third-order valence-corrected chi connectivity index (χ3v) is 4.55. The molecule has 20 heavy (non-hydrogen) atoms. The average Bonchev–Trinajstić information content (AvgIpc) is 2.89. The second kappa shape index (κ2) is 5.40. The van der Waals surface area contributed by atoms with Gasteiger partial charge in [0.15, 0.2) is 0 Å². The fraction of sp³-hybridized carbons (Fsp3) is 0.357. The Morgan fingerprint density at radius 2 is 2.35 bits per heavy atom. The van der Waals surface area contributed by atoms with Crippen LogP contribution in [0.15, 0.2) is 24.3 Å². The summed E-state index contributed by atoms with van der Waals surface area (Å²) in [6.45, 7) is 1.34. The molecule has 2 aromatic rings. The van der Waals surface area contributed by atoms with Gasteiger partial charge in [0.1, 0.15) is 0 Å². The van der Waals surface area contributed by atoms with E-state index in [9.17, 15) is 9.90 Å². The summed E-state index contributed by atoms with van der Waals surface area (Å²) in [6, 6.07) is 7.23. The van der Waals surface area contributed by atoms with Crippen molar-refractivity contribution in [3.63, 3.8) is 0 Å². The van der Waals surface area contributed by atoms with Crippen molar-refractivity contribution < 1.29 is 14.6 Å². The van der Waals surface area contributed by atoms with Gasteiger partial charge in [-0.3, -0.25) is 4.79 Å². The third-order valence-electron chi connectivity index (χ3n) is 3.45. The van der Waals surface area contributed by atoms with Crippen LogP contribution in [0, 0.1) is 0 Å². The van der Waals surface area contributed by atoms with Gasteiger partial charge in [-0.15, -0.1) is 11.3 Å². The summed E-state index contributed by atoms with van der Waals surface area (Å²) in [5, 5.41) is 10.3. The predicted octanol–water partition coefficient (Wildman–Crippen LogP) is 1.32. The fourth-order valence-electron chi connectivity index (χ4n) is 2.38. The topological polar surface area (TPSA) is 75.8 Å². The van der Waals surface area contributed by atoms with Crippen LogP contribution < -0.4 is 5.73 Å². The number of aliphatic hydroxyl groups is 1. The monoisotopic (exact) mass is 292 g/mol. The number of amides is 1. The summed E-state index contributed by atoms with van der Waals surface area (Å²) < 4.78 is 6.34. The van der Waals surface area contributed by atoms with Crippen LogP contribution in [0.5, 0.6) is 0 Å².